The van der Waals surface area contributed by atoms with E-state index in [1.807, 2.05) is 24.3 Å². The number of ether oxygens (including phenoxy) is 1. The molecule has 1 amide bonds. The average Bonchev–Trinajstić information content (AvgIpc) is 2.46. The number of hydrogen-bond donors (Lipinski definition) is 1. The molecule has 1 aromatic rings. The minimum Gasteiger partial charge on any atom is -0.497 e. The lowest BCUT2D eigenvalue weighted by Gasteiger charge is -2.31. The number of hydrazine groups is 1. The number of carbonyl (C=O) groups excluding carboxylic acids is 1. The Morgan fingerprint density at radius 2 is 2.05 bits per heavy atom. The highest BCUT2D eigenvalue weighted by Gasteiger charge is 2.16. The van der Waals surface area contributed by atoms with E-state index in [2.05, 4.69) is 0 Å². The van der Waals surface area contributed by atoms with Crippen molar-refractivity contribution in [2.75, 3.05) is 33.3 Å². The zero-order valence-corrected chi connectivity index (χ0v) is 11.1. The molecule has 0 atom stereocenters. The Morgan fingerprint density at radius 1 is 1.32 bits per heavy atom. The number of benzene rings is 1. The summed E-state index contributed by atoms with van der Waals surface area (Å²) < 4.78 is 5.14. The average molecular weight is 261 g/mol. The van der Waals surface area contributed by atoms with Gasteiger partial charge in [-0.05, 0) is 23.8 Å². The molecule has 0 saturated carbocycles. The van der Waals surface area contributed by atoms with Crippen LogP contribution >= 0.6 is 0 Å². The first kappa shape index (κ1) is 13.6. The van der Waals surface area contributed by atoms with Crippen molar-refractivity contribution >= 4 is 12.0 Å². The first-order valence-corrected chi connectivity index (χ1v) is 6.30. The molecule has 1 aliphatic rings. The van der Waals surface area contributed by atoms with Gasteiger partial charge in [-0.1, -0.05) is 12.1 Å². The molecule has 1 aliphatic heterocycles. The molecular weight excluding hydrogens is 242 g/mol. The molecule has 2 N–H and O–H groups in total. The maximum atomic E-state index is 12.0. The summed E-state index contributed by atoms with van der Waals surface area (Å²) in [5.41, 5.74) is 0.949. The van der Waals surface area contributed by atoms with E-state index in [1.165, 1.54) is 0 Å². The highest BCUT2D eigenvalue weighted by molar-refractivity contribution is 5.91. The van der Waals surface area contributed by atoms with Crippen LogP contribution in [0.25, 0.3) is 6.08 Å². The zero-order chi connectivity index (χ0) is 13.7. The van der Waals surface area contributed by atoms with Gasteiger partial charge in [-0.2, -0.15) is 0 Å². The van der Waals surface area contributed by atoms with Crippen LogP contribution in [0.2, 0.25) is 0 Å². The Hall–Kier alpha value is -1.85. The van der Waals surface area contributed by atoms with E-state index in [-0.39, 0.29) is 5.91 Å². The van der Waals surface area contributed by atoms with Gasteiger partial charge in [0, 0.05) is 32.3 Å². The monoisotopic (exact) mass is 261 g/mol. The SMILES string of the molecule is COc1cccc(/C=C/C(=O)N2CCN(N)CC2)c1. The highest BCUT2D eigenvalue weighted by Crippen LogP contribution is 2.13. The molecule has 2 rings (SSSR count). The largest absolute Gasteiger partial charge is 0.497 e. The Labute approximate surface area is 113 Å². The smallest absolute Gasteiger partial charge is 0.246 e. The van der Waals surface area contributed by atoms with Gasteiger partial charge >= 0.3 is 0 Å². The van der Waals surface area contributed by atoms with Crippen LogP contribution in [0.4, 0.5) is 0 Å². The number of hydrogen-bond acceptors (Lipinski definition) is 4. The molecule has 5 heteroatoms. The molecule has 5 nitrogen and oxygen atoms in total. The molecule has 1 aromatic carbocycles. The number of piperazine rings is 1. The van der Waals surface area contributed by atoms with Crippen molar-refractivity contribution in [2.24, 2.45) is 5.84 Å². The van der Waals surface area contributed by atoms with Crippen LogP contribution in [0.3, 0.4) is 0 Å². The van der Waals surface area contributed by atoms with Crippen molar-refractivity contribution in [1.82, 2.24) is 9.91 Å². The fourth-order valence-electron chi connectivity index (χ4n) is 1.96. The summed E-state index contributed by atoms with van der Waals surface area (Å²) in [6.45, 7) is 2.80. The van der Waals surface area contributed by atoms with Crippen molar-refractivity contribution in [3.05, 3.63) is 35.9 Å². The Bertz CT molecular complexity index is 466. The van der Waals surface area contributed by atoms with Gasteiger partial charge in [-0.3, -0.25) is 10.6 Å². The standard InChI is InChI=1S/C14H19N3O2/c1-19-13-4-2-3-12(11-13)5-6-14(18)16-7-9-17(15)10-8-16/h2-6,11H,7-10,15H2,1H3/b6-5+. The molecule has 0 radical (unpaired) electrons. The van der Waals surface area contributed by atoms with Gasteiger partial charge in [0.2, 0.25) is 5.91 Å². The predicted molar refractivity (Wildman–Crippen MR) is 74.4 cm³/mol. The van der Waals surface area contributed by atoms with E-state index in [1.54, 1.807) is 29.2 Å². The van der Waals surface area contributed by atoms with E-state index >= 15 is 0 Å². The first-order valence-electron chi connectivity index (χ1n) is 6.30. The van der Waals surface area contributed by atoms with Crippen molar-refractivity contribution in [3.63, 3.8) is 0 Å². The summed E-state index contributed by atoms with van der Waals surface area (Å²) in [4.78, 5) is 13.8. The van der Waals surface area contributed by atoms with Gasteiger partial charge in [0.1, 0.15) is 5.75 Å². The predicted octanol–water partition coefficient (Wildman–Crippen LogP) is 0.726. The molecule has 1 saturated heterocycles. The molecule has 0 spiro atoms. The molecule has 1 fully saturated rings. The third-order valence-electron chi connectivity index (χ3n) is 3.14. The number of nitrogens with zero attached hydrogens (tertiary/aromatic N) is 2. The summed E-state index contributed by atoms with van der Waals surface area (Å²) >= 11 is 0. The van der Waals surface area contributed by atoms with E-state index in [9.17, 15) is 4.79 Å². The second-order valence-electron chi connectivity index (χ2n) is 4.47. The topological polar surface area (TPSA) is 58.8 Å². The number of amides is 1. The van der Waals surface area contributed by atoms with Crippen LogP contribution in [0.1, 0.15) is 5.56 Å². The van der Waals surface area contributed by atoms with Gasteiger partial charge in [0.15, 0.2) is 0 Å². The summed E-state index contributed by atoms with van der Waals surface area (Å²) in [5, 5.41) is 1.73. The normalized spacial score (nSPS) is 16.8. The molecule has 1 heterocycles. The number of nitrogens with two attached hydrogens (primary N) is 1. The highest BCUT2D eigenvalue weighted by atomic mass is 16.5. The Kier molecular flexibility index (Phi) is 4.54. The molecule has 19 heavy (non-hydrogen) atoms. The van der Waals surface area contributed by atoms with Crippen molar-refractivity contribution < 1.29 is 9.53 Å². The molecular formula is C14H19N3O2. The van der Waals surface area contributed by atoms with Crippen LogP contribution in [0, 0.1) is 0 Å². The van der Waals surface area contributed by atoms with Crippen LogP contribution in [-0.2, 0) is 4.79 Å². The molecule has 0 bridgehead atoms. The molecule has 102 valence electrons. The van der Waals surface area contributed by atoms with Gasteiger partial charge < -0.3 is 9.64 Å². The van der Waals surface area contributed by atoms with Crippen LogP contribution < -0.4 is 10.6 Å². The second-order valence-corrected chi connectivity index (χ2v) is 4.47. The lowest BCUT2D eigenvalue weighted by molar-refractivity contribution is -0.127. The quantitative estimate of drug-likeness (QED) is 0.643. The minimum absolute atomic E-state index is 0.0240. The van der Waals surface area contributed by atoms with Crippen LogP contribution in [0.5, 0.6) is 5.75 Å². The van der Waals surface area contributed by atoms with Crippen LogP contribution in [-0.4, -0.2) is 49.1 Å². The second kappa shape index (κ2) is 6.36. The van der Waals surface area contributed by atoms with Gasteiger partial charge in [0.05, 0.1) is 7.11 Å². The van der Waals surface area contributed by atoms with Gasteiger partial charge in [-0.15, -0.1) is 0 Å². The minimum atomic E-state index is 0.0240. The van der Waals surface area contributed by atoms with Crippen LogP contribution in [0.15, 0.2) is 30.3 Å². The Morgan fingerprint density at radius 3 is 2.74 bits per heavy atom. The maximum absolute atomic E-state index is 12.0. The summed E-state index contributed by atoms with van der Waals surface area (Å²) in [5.74, 6) is 6.47. The zero-order valence-electron chi connectivity index (χ0n) is 11.1. The summed E-state index contributed by atoms with van der Waals surface area (Å²) in [6, 6.07) is 7.60. The third kappa shape index (κ3) is 3.81. The molecule has 0 aromatic heterocycles. The Balaban J connectivity index is 1.95. The number of methoxy groups -OCH3 is 1. The maximum Gasteiger partial charge on any atom is 0.246 e. The van der Waals surface area contributed by atoms with E-state index in [4.69, 9.17) is 10.6 Å². The first-order chi connectivity index (χ1) is 9.19. The fraction of sp³-hybridized carbons (Fsp3) is 0.357. The fourth-order valence-corrected chi connectivity index (χ4v) is 1.96. The van der Waals surface area contributed by atoms with E-state index in [0.717, 1.165) is 24.4 Å². The van der Waals surface area contributed by atoms with E-state index in [0.29, 0.717) is 13.1 Å². The lowest BCUT2D eigenvalue weighted by atomic mass is 10.2. The van der Waals surface area contributed by atoms with Crippen molar-refractivity contribution in [3.8, 4) is 5.75 Å². The third-order valence-corrected chi connectivity index (χ3v) is 3.14. The molecule has 0 aliphatic carbocycles. The van der Waals surface area contributed by atoms with Gasteiger partial charge in [0.25, 0.3) is 0 Å². The van der Waals surface area contributed by atoms with Crippen molar-refractivity contribution in [1.29, 1.82) is 0 Å². The lowest BCUT2D eigenvalue weighted by Crippen LogP contribution is -2.50. The number of rotatable bonds is 3. The van der Waals surface area contributed by atoms with E-state index < -0.39 is 0 Å². The molecule has 0 unspecified atom stereocenters. The summed E-state index contributed by atoms with van der Waals surface area (Å²) in [7, 11) is 1.63. The summed E-state index contributed by atoms with van der Waals surface area (Å²) in [6.07, 6.45) is 3.40. The van der Waals surface area contributed by atoms with Gasteiger partial charge in [-0.25, -0.2) is 5.01 Å². The van der Waals surface area contributed by atoms with Crippen molar-refractivity contribution in [2.45, 2.75) is 0 Å². The number of carbonyl (C=O) groups is 1.